The molecule has 10 heteroatoms. The molecule has 0 spiro atoms. The van der Waals surface area contributed by atoms with Crippen molar-refractivity contribution in [1.82, 2.24) is 0 Å². The summed E-state index contributed by atoms with van der Waals surface area (Å²) in [5.41, 5.74) is 1.50. The highest BCUT2D eigenvalue weighted by Crippen LogP contribution is 2.53. The Morgan fingerprint density at radius 2 is 1.53 bits per heavy atom. The van der Waals surface area contributed by atoms with Gasteiger partial charge in [-0.15, -0.1) is 0 Å². The van der Waals surface area contributed by atoms with E-state index in [0.29, 0.717) is 0 Å². The molecule has 0 amide bonds. The molecule has 1 aliphatic heterocycles. The number of methoxy groups -OCH3 is 1. The number of phosphoric ester groups is 1. The van der Waals surface area contributed by atoms with E-state index in [1.54, 1.807) is 24.3 Å². The van der Waals surface area contributed by atoms with Crippen molar-refractivity contribution >= 4 is 13.8 Å². The molecule has 0 bridgehead atoms. The van der Waals surface area contributed by atoms with Crippen molar-refractivity contribution in [1.29, 1.82) is 0 Å². The van der Waals surface area contributed by atoms with Crippen molar-refractivity contribution in [3.8, 4) is 0 Å². The maximum atomic E-state index is 13.6. The minimum Gasteiger partial charge on any atom is -0.457 e. The lowest BCUT2D eigenvalue weighted by Crippen LogP contribution is -2.56. The SMILES string of the molecule is CO[C@@H]1OC[C@@H](O)[C@H](OC(C)=O)[C@H]1OP(=O)(OCc1ccccc1)OCc1ccccc1. The Hall–Kier alpha value is -2.10. The zero-order valence-corrected chi connectivity index (χ0v) is 18.8. The van der Waals surface area contributed by atoms with Crippen LogP contribution in [-0.2, 0) is 50.4 Å². The van der Waals surface area contributed by atoms with Crippen LogP contribution in [0, 0.1) is 0 Å². The monoisotopic (exact) mass is 466 g/mol. The van der Waals surface area contributed by atoms with Gasteiger partial charge in [0.2, 0.25) is 0 Å². The third-order valence-electron chi connectivity index (χ3n) is 4.65. The molecule has 1 saturated heterocycles. The molecule has 0 saturated carbocycles. The smallest absolute Gasteiger partial charge is 0.457 e. The molecule has 32 heavy (non-hydrogen) atoms. The number of carbonyl (C=O) groups excluding carboxylic acids is 1. The van der Waals surface area contributed by atoms with Crippen LogP contribution >= 0.6 is 7.82 Å². The Morgan fingerprint density at radius 3 is 2.00 bits per heavy atom. The number of aliphatic hydroxyl groups is 1. The maximum absolute atomic E-state index is 13.6. The zero-order chi connectivity index (χ0) is 23.0. The fourth-order valence-corrected chi connectivity index (χ4v) is 4.44. The van der Waals surface area contributed by atoms with Crippen LogP contribution in [0.5, 0.6) is 0 Å². The van der Waals surface area contributed by atoms with Crippen molar-refractivity contribution in [2.24, 2.45) is 0 Å². The van der Waals surface area contributed by atoms with Crippen molar-refractivity contribution < 1.29 is 42.2 Å². The van der Waals surface area contributed by atoms with Gasteiger partial charge < -0.3 is 19.3 Å². The highest BCUT2D eigenvalue weighted by Gasteiger charge is 2.48. The molecule has 174 valence electrons. The van der Waals surface area contributed by atoms with Gasteiger partial charge in [-0.05, 0) is 11.1 Å². The number of esters is 1. The number of benzene rings is 2. The van der Waals surface area contributed by atoms with Gasteiger partial charge in [0, 0.05) is 14.0 Å². The van der Waals surface area contributed by atoms with Gasteiger partial charge in [0.25, 0.3) is 0 Å². The summed E-state index contributed by atoms with van der Waals surface area (Å²) in [5, 5.41) is 10.3. The number of phosphoric acid groups is 1. The van der Waals surface area contributed by atoms with Crippen LogP contribution in [0.4, 0.5) is 0 Å². The number of aliphatic hydroxyl groups excluding tert-OH is 1. The summed E-state index contributed by atoms with van der Waals surface area (Å²) in [4.78, 5) is 11.6. The molecule has 1 fully saturated rings. The topological polar surface area (TPSA) is 110 Å². The normalized spacial score (nSPS) is 23.6. The Morgan fingerprint density at radius 1 is 1.00 bits per heavy atom. The van der Waals surface area contributed by atoms with Crippen molar-refractivity contribution in [3.05, 3.63) is 71.8 Å². The predicted molar refractivity (Wildman–Crippen MR) is 113 cm³/mol. The van der Waals surface area contributed by atoms with E-state index in [0.717, 1.165) is 11.1 Å². The lowest BCUT2D eigenvalue weighted by Gasteiger charge is -2.39. The van der Waals surface area contributed by atoms with Crippen molar-refractivity contribution in [2.75, 3.05) is 13.7 Å². The second-order valence-corrected chi connectivity index (χ2v) is 8.74. The Kier molecular flexibility index (Phi) is 8.95. The molecule has 0 aromatic heterocycles. The van der Waals surface area contributed by atoms with E-state index in [9.17, 15) is 14.5 Å². The lowest BCUT2D eigenvalue weighted by atomic mass is 10.1. The summed E-state index contributed by atoms with van der Waals surface area (Å²) in [7, 11) is -2.89. The standard InChI is InChI=1S/C22H27O9P/c1-16(23)30-20-19(24)15-27-22(26-2)21(20)31-32(25,28-13-17-9-5-3-6-10-17)29-14-18-11-7-4-8-12-18/h3-12,19-22,24H,13-15H2,1-2H3/t19-,20+,21-,22-/m1/s1. The van der Waals surface area contributed by atoms with E-state index in [2.05, 4.69) is 0 Å². The zero-order valence-electron chi connectivity index (χ0n) is 17.9. The molecule has 0 radical (unpaired) electrons. The van der Waals surface area contributed by atoms with Gasteiger partial charge in [0.15, 0.2) is 18.5 Å². The Balaban J connectivity index is 1.82. The first-order valence-electron chi connectivity index (χ1n) is 10.1. The Bertz CT molecular complexity index is 845. The van der Waals surface area contributed by atoms with E-state index in [1.807, 2.05) is 36.4 Å². The third-order valence-corrected chi connectivity index (χ3v) is 6.04. The molecule has 9 nitrogen and oxygen atoms in total. The number of carbonyl (C=O) groups is 1. The van der Waals surface area contributed by atoms with Crippen molar-refractivity contribution in [3.63, 3.8) is 0 Å². The fraction of sp³-hybridized carbons (Fsp3) is 0.409. The van der Waals surface area contributed by atoms with Gasteiger partial charge >= 0.3 is 13.8 Å². The quantitative estimate of drug-likeness (QED) is 0.417. The average molecular weight is 466 g/mol. The van der Waals surface area contributed by atoms with Crippen LogP contribution in [-0.4, -0.2) is 49.4 Å². The van der Waals surface area contributed by atoms with Crippen LogP contribution in [0.1, 0.15) is 18.1 Å². The first kappa shape index (κ1) is 24.5. The largest absolute Gasteiger partial charge is 0.476 e. The molecule has 3 rings (SSSR count). The van der Waals surface area contributed by atoms with Gasteiger partial charge in [-0.25, -0.2) is 4.57 Å². The number of hydrogen-bond acceptors (Lipinski definition) is 9. The molecule has 0 aliphatic carbocycles. The molecule has 2 aromatic rings. The highest BCUT2D eigenvalue weighted by atomic mass is 31.2. The maximum Gasteiger partial charge on any atom is 0.476 e. The van der Waals surface area contributed by atoms with Crippen LogP contribution in [0.25, 0.3) is 0 Å². The van der Waals surface area contributed by atoms with Crippen molar-refractivity contribution in [2.45, 2.75) is 44.7 Å². The van der Waals surface area contributed by atoms with Crippen LogP contribution in [0.2, 0.25) is 0 Å². The summed E-state index contributed by atoms with van der Waals surface area (Å²) in [6.07, 6.45) is -4.74. The minimum atomic E-state index is -4.24. The van der Waals surface area contributed by atoms with Crippen LogP contribution in [0.15, 0.2) is 60.7 Å². The summed E-state index contributed by atoms with van der Waals surface area (Å²) in [6, 6.07) is 18.2. The molecule has 1 heterocycles. The van der Waals surface area contributed by atoms with Gasteiger partial charge in [0.05, 0.1) is 19.8 Å². The van der Waals surface area contributed by atoms with Gasteiger partial charge in [-0.2, -0.15) is 0 Å². The van der Waals surface area contributed by atoms with E-state index < -0.39 is 38.4 Å². The molecule has 2 aromatic carbocycles. The first-order valence-corrected chi connectivity index (χ1v) is 11.5. The average Bonchev–Trinajstić information content (AvgIpc) is 2.80. The van der Waals surface area contributed by atoms with Gasteiger partial charge in [-0.1, -0.05) is 60.7 Å². The molecule has 1 N–H and O–H groups in total. The molecular weight excluding hydrogens is 439 g/mol. The fourth-order valence-electron chi connectivity index (χ4n) is 3.11. The Labute approximate surface area is 186 Å². The number of ether oxygens (including phenoxy) is 3. The van der Waals surface area contributed by atoms with Gasteiger partial charge in [0.1, 0.15) is 6.10 Å². The second kappa shape index (κ2) is 11.7. The van der Waals surface area contributed by atoms with Gasteiger partial charge in [-0.3, -0.25) is 18.4 Å². The van der Waals surface area contributed by atoms with E-state index in [-0.39, 0.29) is 19.8 Å². The highest BCUT2D eigenvalue weighted by molar-refractivity contribution is 7.48. The third kappa shape index (κ3) is 6.95. The first-order chi connectivity index (χ1) is 15.4. The summed E-state index contributed by atoms with van der Waals surface area (Å²) in [6.45, 7) is 0.923. The summed E-state index contributed by atoms with van der Waals surface area (Å²) < 4.78 is 46.4. The van der Waals surface area contributed by atoms with Crippen LogP contribution < -0.4 is 0 Å². The van der Waals surface area contributed by atoms with E-state index in [4.69, 9.17) is 27.8 Å². The van der Waals surface area contributed by atoms with E-state index >= 15 is 0 Å². The number of rotatable bonds is 10. The summed E-state index contributed by atoms with van der Waals surface area (Å²) in [5.74, 6) is -0.648. The second-order valence-electron chi connectivity index (χ2n) is 7.11. The molecular formula is C22H27O9P. The summed E-state index contributed by atoms with van der Waals surface area (Å²) >= 11 is 0. The number of hydrogen-bond donors (Lipinski definition) is 1. The van der Waals surface area contributed by atoms with E-state index in [1.165, 1.54) is 14.0 Å². The predicted octanol–water partition coefficient (Wildman–Crippen LogP) is 3.21. The molecule has 1 aliphatic rings. The van der Waals surface area contributed by atoms with Crippen LogP contribution in [0.3, 0.4) is 0 Å². The minimum absolute atomic E-state index is 0.0566. The molecule has 0 unspecified atom stereocenters. The lowest BCUT2D eigenvalue weighted by molar-refractivity contribution is -0.263. The molecule has 4 atom stereocenters.